The third-order valence-electron chi connectivity index (χ3n) is 3.44. The molecule has 0 aliphatic carbocycles. The normalized spacial score (nSPS) is 10.6. The zero-order chi connectivity index (χ0) is 14.8. The van der Waals surface area contributed by atoms with Crippen LogP contribution in [0.25, 0.3) is 0 Å². The second-order valence-corrected chi connectivity index (χ2v) is 5.34. The fourth-order valence-corrected chi connectivity index (χ4v) is 2.28. The van der Waals surface area contributed by atoms with Crippen LogP contribution >= 0.6 is 0 Å². The molecule has 0 bridgehead atoms. The van der Waals surface area contributed by atoms with E-state index in [2.05, 4.69) is 26.0 Å². The number of anilines is 1. The van der Waals surface area contributed by atoms with Gasteiger partial charge in [0.15, 0.2) is 0 Å². The van der Waals surface area contributed by atoms with Gasteiger partial charge in [-0.25, -0.2) is 0 Å². The number of benzene rings is 1. The molecule has 1 rings (SSSR count). The largest absolute Gasteiger partial charge is 0.330 e. The van der Waals surface area contributed by atoms with E-state index in [4.69, 9.17) is 5.73 Å². The first kappa shape index (κ1) is 16.7. The predicted molar refractivity (Wildman–Crippen MR) is 86.0 cm³/mol. The van der Waals surface area contributed by atoms with Crippen molar-refractivity contribution in [2.45, 2.75) is 52.4 Å². The maximum absolute atomic E-state index is 12.4. The Kier molecular flexibility index (Phi) is 7.97. The summed E-state index contributed by atoms with van der Waals surface area (Å²) in [6, 6.07) is 8.13. The number of carbonyl (C=O) groups excluding carboxylic acids is 1. The molecular weight excluding hydrogens is 248 g/mol. The molecule has 0 spiro atoms. The molecule has 20 heavy (non-hydrogen) atoms. The molecule has 2 N–H and O–H groups in total. The van der Waals surface area contributed by atoms with Gasteiger partial charge in [0, 0.05) is 18.7 Å². The Labute approximate surface area is 123 Å². The molecule has 0 fully saturated rings. The van der Waals surface area contributed by atoms with E-state index in [1.165, 1.54) is 18.4 Å². The van der Waals surface area contributed by atoms with Crippen LogP contribution in [0.15, 0.2) is 24.3 Å². The minimum atomic E-state index is 0.222. The number of hydrogen-bond acceptors (Lipinski definition) is 2. The molecule has 0 radical (unpaired) electrons. The molecule has 0 aliphatic rings. The molecule has 0 saturated carbocycles. The summed E-state index contributed by atoms with van der Waals surface area (Å²) in [6.07, 6.45) is 6.01. The highest BCUT2D eigenvalue weighted by Crippen LogP contribution is 2.18. The van der Waals surface area contributed by atoms with Crippen molar-refractivity contribution in [2.24, 2.45) is 5.73 Å². The maximum atomic E-state index is 12.4. The van der Waals surface area contributed by atoms with E-state index >= 15 is 0 Å². The number of carbonyl (C=O) groups is 1. The Morgan fingerprint density at radius 3 is 2.65 bits per heavy atom. The molecule has 1 amide bonds. The second-order valence-electron chi connectivity index (χ2n) is 5.34. The summed E-state index contributed by atoms with van der Waals surface area (Å²) in [7, 11) is 0. The van der Waals surface area contributed by atoms with Gasteiger partial charge in [0.1, 0.15) is 0 Å². The zero-order valence-corrected chi connectivity index (χ0v) is 12.9. The first-order chi connectivity index (χ1) is 9.69. The number of amides is 1. The molecule has 0 atom stereocenters. The number of hydrogen-bond donors (Lipinski definition) is 1. The van der Waals surface area contributed by atoms with Crippen molar-refractivity contribution in [2.75, 3.05) is 18.0 Å². The molecule has 0 aromatic heterocycles. The van der Waals surface area contributed by atoms with Gasteiger partial charge in [-0.15, -0.1) is 0 Å². The molecule has 112 valence electrons. The van der Waals surface area contributed by atoms with Crippen molar-refractivity contribution in [3.63, 3.8) is 0 Å². The van der Waals surface area contributed by atoms with Crippen LogP contribution in [-0.4, -0.2) is 19.0 Å². The van der Waals surface area contributed by atoms with Gasteiger partial charge in [-0.05, 0) is 44.0 Å². The molecule has 0 saturated heterocycles. The molecule has 0 aliphatic heterocycles. The molecule has 3 nitrogen and oxygen atoms in total. The van der Waals surface area contributed by atoms with E-state index in [0.717, 1.165) is 24.9 Å². The van der Waals surface area contributed by atoms with Gasteiger partial charge in [0.25, 0.3) is 0 Å². The van der Waals surface area contributed by atoms with Crippen LogP contribution in [0, 0.1) is 6.92 Å². The molecule has 1 aromatic carbocycles. The number of aryl methyl sites for hydroxylation is 1. The van der Waals surface area contributed by atoms with E-state index in [-0.39, 0.29) is 5.91 Å². The second kappa shape index (κ2) is 9.54. The first-order valence-electron chi connectivity index (χ1n) is 7.76. The van der Waals surface area contributed by atoms with Gasteiger partial charge in [-0.3, -0.25) is 4.79 Å². The lowest BCUT2D eigenvalue weighted by atomic mass is 10.1. The standard InChI is InChI=1S/C17H28N2O/c1-3-4-5-6-11-17(20)19(13-8-12-18)16-10-7-9-15(2)14-16/h7,9-10,14H,3-6,8,11-13,18H2,1-2H3. The minimum absolute atomic E-state index is 0.222. The van der Waals surface area contributed by atoms with Gasteiger partial charge >= 0.3 is 0 Å². The highest BCUT2D eigenvalue weighted by Gasteiger charge is 2.14. The number of nitrogens with two attached hydrogens (primary N) is 1. The van der Waals surface area contributed by atoms with Crippen LogP contribution in [0.1, 0.15) is 51.0 Å². The van der Waals surface area contributed by atoms with Crippen LogP contribution in [0.3, 0.4) is 0 Å². The summed E-state index contributed by atoms with van der Waals surface area (Å²) in [5.41, 5.74) is 7.77. The monoisotopic (exact) mass is 276 g/mol. The number of nitrogens with zero attached hydrogens (tertiary/aromatic N) is 1. The van der Waals surface area contributed by atoms with Gasteiger partial charge in [-0.1, -0.05) is 38.3 Å². The zero-order valence-electron chi connectivity index (χ0n) is 12.9. The summed E-state index contributed by atoms with van der Waals surface area (Å²) in [5, 5.41) is 0. The van der Waals surface area contributed by atoms with Crippen LogP contribution < -0.4 is 10.6 Å². The topological polar surface area (TPSA) is 46.3 Å². The maximum Gasteiger partial charge on any atom is 0.226 e. The fraction of sp³-hybridized carbons (Fsp3) is 0.588. The van der Waals surface area contributed by atoms with E-state index in [1.54, 1.807) is 0 Å². The highest BCUT2D eigenvalue weighted by molar-refractivity contribution is 5.93. The third-order valence-corrected chi connectivity index (χ3v) is 3.44. The molecule has 0 unspecified atom stereocenters. The van der Waals surface area contributed by atoms with Crippen molar-refractivity contribution in [1.29, 1.82) is 0 Å². The summed E-state index contributed by atoms with van der Waals surface area (Å²) < 4.78 is 0. The van der Waals surface area contributed by atoms with Gasteiger partial charge in [-0.2, -0.15) is 0 Å². The van der Waals surface area contributed by atoms with Gasteiger partial charge in [0.2, 0.25) is 5.91 Å². The summed E-state index contributed by atoms with van der Waals surface area (Å²) in [4.78, 5) is 14.3. The van der Waals surface area contributed by atoms with E-state index < -0.39 is 0 Å². The lowest BCUT2D eigenvalue weighted by molar-refractivity contribution is -0.118. The van der Waals surface area contributed by atoms with Gasteiger partial charge < -0.3 is 10.6 Å². The molecule has 3 heteroatoms. The summed E-state index contributed by atoms with van der Waals surface area (Å²) in [6.45, 7) is 5.57. The predicted octanol–water partition coefficient (Wildman–Crippen LogP) is 3.65. The smallest absolute Gasteiger partial charge is 0.226 e. The van der Waals surface area contributed by atoms with Crippen LogP contribution in [0.5, 0.6) is 0 Å². The summed E-state index contributed by atoms with van der Waals surface area (Å²) in [5.74, 6) is 0.222. The van der Waals surface area contributed by atoms with E-state index in [0.29, 0.717) is 19.5 Å². The van der Waals surface area contributed by atoms with E-state index in [9.17, 15) is 4.79 Å². The van der Waals surface area contributed by atoms with Crippen molar-refractivity contribution >= 4 is 11.6 Å². The average molecular weight is 276 g/mol. The number of rotatable bonds is 9. The SMILES string of the molecule is CCCCCCC(=O)N(CCCN)c1cccc(C)c1. The van der Waals surface area contributed by atoms with Crippen LogP contribution in [-0.2, 0) is 4.79 Å². The quantitative estimate of drug-likeness (QED) is 0.700. The van der Waals surface area contributed by atoms with E-state index in [1.807, 2.05) is 17.0 Å². The molecule has 1 aromatic rings. The van der Waals surface area contributed by atoms with Gasteiger partial charge in [0.05, 0.1) is 0 Å². The number of unbranched alkanes of at least 4 members (excludes halogenated alkanes) is 3. The Hall–Kier alpha value is -1.35. The Morgan fingerprint density at radius 1 is 1.20 bits per heavy atom. The Balaban J connectivity index is 2.65. The Bertz CT molecular complexity index is 404. The first-order valence-corrected chi connectivity index (χ1v) is 7.76. The minimum Gasteiger partial charge on any atom is -0.330 e. The molecular formula is C17H28N2O. The van der Waals surface area contributed by atoms with Crippen molar-refractivity contribution in [3.8, 4) is 0 Å². The Morgan fingerprint density at radius 2 is 2.00 bits per heavy atom. The lowest BCUT2D eigenvalue weighted by Gasteiger charge is -2.23. The van der Waals surface area contributed by atoms with Crippen molar-refractivity contribution < 1.29 is 4.79 Å². The van der Waals surface area contributed by atoms with Crippen LogP contribution in [0.4, 0.5) is 5.69 Å². The van der Waals surface area contributed by atoms with Crippen molar-refractivity contribution in [1.82, 2.24) is 0 Å². The average Bonchev–Trinajstić information content (AvgIpc) is 2.44. The third kappa shape index (κ3) is 5.74. The molecule has 0 heterocycles. The van der Waals surface area contributed by atoms with Crippen LogP contribution in [0.2, 0.25) is 0 Å². The summed E-state index contributed by atoms with van der Waals surface area (Å²) >= 11 is 0. The highest BCUT2D eigenvalue weighted by atomic mass is 16.2. The fourth-order valence-electron chi connectivity index (χ4n) is 2.28. The van der Waals surface area contributed by atoms with Crippen molar-refractivity contribution in [3.05, 3.63) is 29.8 Å². The lowest BCUT2D eigenvalue weighted by Crippen LogP contribution is -2.32.